The Morgan fingerprint density at radius 2 is 2.20 bits per heavy atom. The monoisotopic (exact) mass is 378 g/mol. The van der Waals surface area contributed by atoms with Crippen molar-refractivity contribution in [2.45, 2.75) is 6.54 Å². The second-order valence-corrected chi connectivity index (χ2v) is 5.12. The average molecular weight is 379 g/mol. The lowest BCUT2D eigenvalue weighted by atomic mass is 10.3. The Morgan fingerprint density at radius 3 is 2.80 bits per heavy atom. The Hall–Kier alpha value is -0.630. The molecule has 0 aliphatic heterocycles. The third-order valence-electron chi connectivity index (χ3n) is 1.93. The summed E-state index contributed by atoms with van der Waals surface area (Å²) in [6.45, 7) is 0.640. The zero-order valence-corrected chi connectivity index (χ0v) is 11.4. The molecule has 0 aromatic carbocycles. The minimum absolute atomic E-state index is 0.640. The van der Waals surface area contributed by atoms with Crippen LogP contribution in [0.5, 0.6) is 0 Å². The van der Waals surface area contributed by atoms with Gasteiger partial charge in [0.15, 0.2) is 0 Å². The lowest BCUT2D eigenvalue weighted by Gasteiger charge is -2.04. The van der Waals surface area contributed by atoms with E-state index in [1.807, 2.05) is 6.07 Å². The molecule has 0 spiro atoms. The second-order valence-electron chi connectivity index (χ2n) is 3.05. The SMILES string of the molecule is Nc1c(I)cnn1Cc1cncc(Br)c1. The number of pyridine rings is 1. The summed E-state index contributed by atoms with van der Waals surface area (Å²) in [7, 11) is 0. The number of nitrogen functional groups attached to an aromatic ring is 1. The fourth-order valence-electron chi connectivity index (χ4n) is 1.21. The van der Waals surface area contributed by atoms with Gasteiger partial charge in [0.2, 0.25) is 0 Å². The largest absolute Gasteiger partial charge is 0.383 e. The summed E-state index contributed by atoms with van der Waals surface area (Å²) in [4.78, 5) is 4.09. The number of hydrogen-bond donors (Lipinski definition) is 1. The molecular formula is C9H8BrIN4. The van der Waals surface area contributed by atoms with E-state index in [0.717, 1.165) is 13.6 Å². The lowest BCUT2D eigenvalue weighted by Crippen LogP contribution is -2.06. The summed E-state index contributed by atoms with van der Waals surface area (Å²) in [5.41, 5.74) is 6.91. The summed E-state index contributed by atoms with van der Waals surface area (Å²) in [6.07, 6.45) is 5.31. The Labute approximate surface area is 109 Å². The Bertz CT molecular complexity index is 483. The number of nitrogens with two attached hydrogens (primary N) is 1. The van der Waals surface area contributed by atoms with Gasteiger partial charge in [-0.15, -0.1) is 0 Å². The molecule has 6 heteroatoms. The van der Waals surface area contributed by atoms with Crippen molar-refractivity contribution in [2.24, 2.45) is 0 Å². The van der Waals surface area contributed by atoms with Crippen molar-refractivity contribution in [1.82, 2.24) is 14.8 Å². The first-order valence-electron chi connectivity index (χ1n) is 4.23. The highest BCUT2D eigenvalue weighted by Crippen LogP contribution is 2.16. The molecule has 2 rings (SSSR count). The second kappa shape index (κ2) is 4.48. The van der Waals surface area contributed by atoms with Crippen LogP contribution in [0.4, 0.5) is 5.82 Å². The highest BCUT2D eigenvalue weighted by molar-refractivity contribution is 14.1. The molecule has 0 fully saturated rings. The van der Waals surface area contributed by atoms with Crippen LogP contribution >= 0.6 is 38.5 Å². The van der Waals surface area contributed by atoms with Crippen LogP contribution in [0.2, 0.25) is 0 Å². The third kappa shape index (κ3) is 2.49. The maximum atomic E-state index is 5.85. The molecule has 0 aliphatic carbocycles. The van der Waals surface area contributed by atoms with Crippen LogP contribution in [0.25, 0.3) is 0 Å². The summed E-state index contributed by atoms with van der Waals surface area (Å²) in [5.74, 6) is 0.690. The first-order chi connectivity index (χ1) is 7.16. The molecular weight excluding hydrogens is 371 g/mol. The van der Waals surface area contributed by atoms with Gasteiger partial charge in [0.25, 0.3) is 0 Å². The maximum absolute atomic E-state index is 5.85. The molecule has 4 nitrogen and oxygen atoms in total. The average Bonchev–Trinajstić information content (AvgIpc) is 2.50. The molecule has 15 heavy (non-hydrogen) atoms. The van der Waals surface area contributed by atoms with Gasteiger partial charge in [-0.25, -0.2) is 4.68 Å². The van der Waals surface area contributed by atoms with Gasteiger partial charge < -0.3 is 5.73 Å². The van der Waals surface area contributed by atoms with Crippen LogP contribution < -0.4 is 5.73 Å². The summed E-state index contributed by atoms with van der Waals surface area (Å²) in [5, 5.41) is 4.18. The Kier molecular flexibility index (Phi) is 3.25. The van der Waals surface area contributed by atoms with Gasteiger partial charge in [-0.3, -0.25) is 4.98 Å². The van der Waals surface area contributed by atoms with Crippen LogP contribution in [0, 0.1) is 3.57 Å². The zero-order chi connectivity index (χ0) is 10.8. The first-order valence-corrected chi connectivity index (χ1v) is 6.10. The first kappa shape index (κ1) is 10.9. The van der Waals surface area contributed by atoms with Crippen molar-refractivity contribution >= 4 is 44.3 Å². The molecule has 2 N–H and O–H groups in total. The highest BCUT2D eigenvalue weighted by Gasteiger charge is 2.05. The van der Waals surface area contributed by atoms with Crippen molar-refractivity contribution < 1.29 is 0 Å². The molecule has 0 bridgehead atoms. The topological polar surface area (TPSA) is 56.7 Å². The number of rotatable bonds is 2. The molecule has 0 saturated heterocycles. The number of hydrogen-bond acceptors (Lipinski definition) is 3. The van der Waals surface area contributed by atoms with Crippen molar-refractivity contribution in [1.29, 1.82) is 0 Å². The number of nitrogens with zero attached hydrogens (tertiary/aromatic N) is 3. The molecule has 0 atom stereocenters. The molecule has 0 amide bonds. The van der Waals surface area contributed by atoms with Crippen LogP contribution in [-0.4, -0.2) is 14.8 Å². The number of aromatic nitrogens is 3. The predicted molar refractivity (Wildman–Crippen MR) is 70.4 cm³/mol. The van der Waals surface area contributed by atoms with E-state index >= 15 is 0 Å². The Morgan fingerprint density at radius 1 is 1.40 bits per heavy atom. The van der Waals surface area contributed by atoms with E-state index in [1.54, 1.807) is 23.3 Å². The number of halogens is 2. The molecule has 0 saturated carbocycles. The van der Waals surface area contributed by atoms with E-state index in [1.165, 1.54) is 0 Å². The summed E-state index contributed by atoms with van der Waals surface area (Å²) in [6, 6.07) is 2.00. The smallest absolute Gasteiger partial charge is 0.135 e. The van der Waals surface area contributed by atoms with Crippen LogP contribution in [0.3, 0.4) is 0 Å². The van der Waals surface area contributed by atoms with E-state index in [0.29, 0.717) is 12.4 Å². The van der Waals surface area contributed by atoms with Gasteiger partial charge in [0, 0.05) is 16.9 Å². The van der Waals surface area contributed by atoms with Crippen molar-refractivity contribution in [3.8, 4) is 0 Å². The van der Waals surface area contributed by atoms with Crippen molar-refractivity contribution in [3.05, 3.63) is 38.3 Å². The molecule has 2 heterocycles. The number of anilines is 1. The fourth-order valence-corrected chi connectivity index (χ4v) is 2.03. The van der Waals surface area contributed by atoms with Crippen molar-refractivity contribution in [2.75, 3.05) is 5.73 Å². The van der Waals surface area contributed by atoms with Crippen LogP contribution in [0.1, 0.15) is 5.56 Å². The van der Waals surface area contributed by atoms with E-state index < -0.39 is 0 Å². The van der Waals surface area contributed by atoms with Crippen LogP contribution in [-0.2, 0) is 6.54 Å². The normalized spacial score (nSPS) is 10.5. The van der Waals surface area contributed by atoms with E-state index in [-0.39, 0.29) is 0 Å². The standard InChI is InChI=1S/C9H8BrIN4/c10-7-1-6(2-13-3-7)5-15-9(12)8(11)4-14-15/h1-4H,5,12H2. The van der Waals surface area contributed by atoms with Gasteiger partial charge in [0.05, 0.1) is 16.3 Å². The predicted octanol–water partition coefficient (Wildman–Crippen LogP) is 2.28. The third-order valence-corrected chi connectivity index (χ3v) is 3.19. The van der Waals surface area contributed by atoms with Gasteiger partial charge in [0.1, 0.15) is 5.82 Å². The Balaban J connectivity index is 2.26. The maximum Gasteiger partial charge on any atom is 0.135 e. The quantitative estimate of drug-likeness (QED) is 0.815. The minimum Gasteiger partial charge on any atom is -0.383 e. The molecule has 78 valence electrons. The lowest BCUT2D eigenvalue weighted by molar-refractivity contribution is 0.694. The molecule has 2 aromatic rings. The molecule has 0 radical (unpaired) electrons. The fraction of sp³-hybridized carbons (Fsp3) is 0.111. The summed E-state index contributed by atoms with van der Waals surface area (Å²) >= 11 is 5.54. The van der Waals surface area contributed by atoms with Crippen LogP contribution in [0.15, 0.2) is 29.1 Å². The zero-order valence-electron chi connectivity index (χ0n) is 7.69. The highest BCUT2D eigenvalue weighted by atomic mass is 127. The van der Waals surface area contributed by atoms with Gasteiger partial charge in [-0.1, -0.05) is 0 Å². The van der Waals surface area contributed by atoms with Gasteiger partial charge in [-0.05, 0) is 50.2 Å². The summed E-state index contributed by atoms with van der Waals surface area (Å²) < 4.78 is 3.68. The van der Waals surface area contributed by atoms with Crippen molar-refractivity contribution in [3.63, 3.8) is 0 Å². The van der Waals surface area contributed by atoms with Gasteiger partial charge in [-0.2, -0.15) is 5.10 Å². The van der Waals surface area contributed by atoms with Gasteiger partial charge >= 0.3 is 0 Å². The molecule has 2 aromatic heterocycles. The molecule has 0 aliphatic rings. The molecule has 0 unspecified atom stereocenters. The van der Waals surface area contributed by atoms with E-state index in [4.69, 9.17) is 5.73 Å². The van der Waals surface area contributed by atoms with E-state index in [2.05, 4.69) is 48.6 Å². The minimum atomic E-state index is 0.640. The van der Waals surface area contributed by atoms with E-state index in [9.17, 15) is 0 Å².